The highest BCUT2D eigenvalue weighted by molar-refractivity contribution is 6.11. The van der Waals surface area contributed by atoms with Gasteiger partial charge in [-0.05, 0) is 43.4 Å². The molecule has 0 bridgehead atoms. The molecule has 194 valence electrons. The van der Waals surface area contributed by atoms with Crippen molar-refractivity contribution < 1.29 is 23.9 Å². The number of carbonyl (C=O) groups is 4. The van der Waals surface area contributed by atoms with Gasteiger partial charge in [-0.15, -0.1) is 0 Å². The van der Waals surface area contributed by atoms with Gasteiger partial charge in [-0.1, -0.05) is 44.2 Å². The van der Waals surface area contributed by atoms with Crippen LogP contribution in [0, 0.1) is 0 Å². The molecular formula is C28H37N3O5. The van der Waals surface area contributed by atoms with E-state index in [9.17, 15) is 19.2 Å². The number of piperazine rings is 1. The van der Waals surface area contributed by atoms with Crippen LogP contribution in [0.25, 0.3) is 0 Å². The second-order valence-electron chi connectivity index (χ2n) is 10.9. The summed E-state index contributed by atoms with van der Waals surface area (Å²) >= 11 is 0. The molecule has 1 aromatic carbocycles. The van der Waals surface area contributed by atoms with Crippen molar-refractivity contribution in [2.24, 2.45) is 0 Å². The number of hydrogen-bond donors (Lipinski definition) is 0. The molecule has 8 heteroatoms. The summed E-state index contributed by atoms with van der Waals surface area (Å²) in [5.41, 5.74) is -0.643. The van der Waals surface area contributed by atoms with Gasteiger partial charge in [-0.3, -0.25) is 24.1 Å². The third kappa shape index (κ3) is 4.50. The minimum atomic E-state index is -1.27. The molecule has 4 aliphatic rings. The van der Waals surface area contributed by atoms with Crippen LogP contribution in [0.3, 0.4) is 0 Å². The van der Waals surface area contributed by atoms with E-state index in [1.807, 2.05) is 11.0 Å². The Kier molecular flexibility index (Phi) is 7.04. The molecule has 2 aliphatic carbocycles. The van der Waals surface area contributed by atoms with E-state index in [4.69, 9.17) is 4.74 Å². The molecule has 2 saturated heterocycles. The average Bonchev–Trinajstić information content (AvgIpc) is 3.50. The number of imide groups is 1. The van der Waals surface area contributed by atoms with Gasteiger partial charge >= 0.3 is 0 Å². The van der Waals surface area contributed by atoms with Crippen molar-refractivity contribution in [3.05, 3.63) is 29.8 Å². The summed E-state index contributed by atoms with van der Waals surface area (Å²) < 4.78 is 5.40. The fourth-order valence-corrected chi connectivity index (χ4v) is 6.73. The molecule has 5 rings (SSSR count). The number of amides is 4. The van der Waals surface area contributed by atoms with E-state index in [-0.39, 0.29) is 55.1 Å². The van der Waals surface area contributed by atoms with E-state index in [1.165, 1.54) is 11.3 Å². The van der Waals surface area contributed by atoms with Gasteiger partial charge in [0.25, 0.3) is 0 Å². The van der Waals surface area contributed by atoms with Crippen LogP contribution in [0.5, 0.6) is 5.75 Å². The Morgan fingerprint density at radius 3 is 2.33 bits per heavy atom. The van der Waals surface area contributed by atoms with Gasteiger partial charge in [0.1, 0.15) is 5.75 Å². The van der Waals surface area contributed by atoms with Crippen LogP contribution in [0.1, 0.15) is 76.2 Å². The van der Waals surface area contributed by atoms with Crippen molar-refractivity contribution in [2.75, 3.05) is 26.7 Å². The number of ether oxygens (including phenoxy) is 1. The van der Waals surface area contributed by atoms with Crippen LogP contribution in [0.2, 0.25) is 0 Å². The Bertz CT molecular complexity index is 1030. The maximum atomic E-state index is 14.0. The van der Waals surface area contributed by atoms with Crippen molar-refractivity contribution >= 4 is 23.6 Å². The van der Waals surface area contributed by atoms with Gasteiger partial charge in [-0.25, -0.2) is 0 Å². The highest BCUT2D eigenvalue weighted by Crippen LogP contribution is 2.44. The first-order chi connectivity index (χ1) is 17.4. The van der Waals surface area contributed by atoms with E-state index in [0.717, 1.165) is 51.4 Å². The predicted molar refractivity (Wildman–Crippen MR) is 133 cm³/mol. The standard InChI is InChI=1S/C28H37N3O5/c1-36-23-13-7-8-20(16-23)28(18-25(33)31(27(28)35)22-11-5-6-12-22)17-24(32)29-14-15-30(26(34)19-29)21-9-3-2-4-10-21/h7-8,13,16,21-22H,2-6,9-12,14-15,17-19H2,1H3. The van der Waals surface area contributed by atoms with Crippen LogP contribution in [0.15, 0.2) is 24.3 Å². The lowest BCUT2D eigenvalue weighted by Gasteiger charge is -2.41. The zero-order valence-electron chi connectivity index (χ0n) is 21.2. The first kappa shape index (κ1) is 24.8. The highest BCUT2D eigenvalue weighted by Gasteiger charge is 2.56. The summed E-state index contributed by atoms with van der Waals surface area (Å²) in [5.74, 6) is -0.175. The lowest BCUT2D eigenvalue weighted by atomic mass is 9.75. The van der Waals surface area contributed by atoms with Crippen molar-refractivity contribution in [3.63, 3.8) is 0 Å². The summed E-state index contributed by atoms with van der Waals surface area (Å²) in [6.45, 7) is 1.03. The SMILES string of the molecule is COc1cccc(C2(CC(=O)N3CCN(C4CCCCC4)C(=O)C3)CC(=O)N(C3CCCC3)C2=O)c1. The van der Waals surface area contributed by atoms with Crippen molar-refractivity contribution in [1.82, 2.24) is 14.7 Å². The molecule has 36 heavy (non-hydrogen) atoms. The number of nitrogens with zero attached hydrogens (tertiary/aromatic N) is 3. The lowest BCUT2D eigenvalue weighted by Crippen LogP contribution is -2.56. The van der Waals surface area contributed by atoms with E-state index in [1.54, 1.807) is 30.2 Å². The Morgan fingerprint density at radius 2 is 1.64 bits per heavy atom. The number of carbonyl (C=O) groups excluding carboxylic acids is 4. The van der Waals surface area contributed by atoms with E-state index in [2.05, 4.69) is 0 Å². The van der Waals surface area contributed by atoms with Gasteiger partial charge in [0.2, 0.25) is 23.6 Å². The minimum absolute atomic E-state index is 0.0154. The molecule has 2 aliphatic heterocycles. The summed E-state index contributed by atoms with van der Waals surface area (Å²) in [7, 11) is 1.56. The third-order valence-electron chi connectivity index (χ3n) is 8.74. The molecule has 0 N–H and O–H groups in total. The monoisotopic (exact) mass is 495 g/mol. The zero-order chi connectivity index (χ0) is 25.3. The molecule has 4 amide bonds. The molecule has 8 nitrogen and oxygen atoms in total. The average molecular weight is 496 g/mol. The number of hydrogen-bond acceptors (Lipinski definition) is 5. The van der Waals surface area contributed by atoms with E-state index in [0.29, 0.717) is 24.4 Å². The Labute approximate surface area is 212 Å². The predicted octanol–water partition coefficient (Wildman–Crippen LogP) is 3.03. The Balaban J connectivity index is 1.38. The van der Waals surface area contributed by atoms with E-state index >= 15 is 0 Å². The second-order valence-corrected chi connectivity index (χ2v) is 10.9. The maximum absolute atomic E-state index is 14.0. The summed E-state index contributed by atoms with van der Waals surface area (Å²) in [4.78, 5) is 58.8. The molecule has 4 fully saturated rings. The first-order valence-electron chi connectivity index (χ1n) is 13.5. The quantitative estimate of drug-likeness (QED) is 0.566. The summed E-state index contributed by atoms with van der Waals surface area (Å²) in [6.07, 6.45) is 9.07. The van der Waals surface area contributed by atoms with Gasteiger partial charge in [-0.2, -0.15) is 0 Å². The topological polar surface area (TPSA) is 87.2 Å². The van der Waals surface area contributed by atoms with Gasteiger partial charge in [0, 0.05) is 38.0 Å². The fourth-order valence-electron chi connectivity index (χ4n) is 6.73. The van der Waals surface area contributed by atoms with Crippen LogP contribution in [0.4, 0.5) is 0 Å². The maximum Gasteiger partial charge on any atom is 0.242 e. The van der Waals surface area contributed by atoms with E-state index < -0.39 is 5.41 Å². The molecule has 1 atom stereocenters. The zero-order valence-corrected chi connectivity index (χ0v) is 21.2. The highest BCUT2D eigenvalue weighted by atomic mass is 16.5. The molecule has 0 spiro atoms. The summed E-state index contributed by atoms with van der Waals surface area (Å²) in [6, 6.07) is 7.35. The largest absolute Gasteiger partial charge is 0.497 e. The van der Waals surface area contributed by atoms with Crippen molar-refractivity contribution in [1.29, 1.82) is 0 Å². The number of methoxy groups -OCH3 is 1. The van der Waals surface area contributed by atoms with Crippen LogP contribution in [-0.2, 0) is 24.6 Å². The van der Waals surface area contributed by atoms with Crippen molar-refractivity contribution in [3.8, 4) is 5.75 Å². The number of likely N-dealkylation sites (tertiary alicyclic amines) is 1. The second kappa shape index (κ2) is 10.2. The molecule has 0 radical (unpaired) electrons. The van der Waals surface area contributed by atoms with Crippen LogP contribution >= 0.6 is 0 Å². The molecular weight excluding hydrogens is 458 g/mol. The fraction of sp³-hybridized carbons (Fsp3) is 0.643. The summed E-state index contributed by atoms with van der Waals surface area (Å²) in [5, 5.41) is 0. The van der Waals surface area contributed by atoms with Gasteiger partial charge in [0.15, 0.2) is 0 Å². The van der Waals surface area contributed by atoms with Gasteiger partial charge < -0.3 is 14.5 Å². The Morgan fingerprint density at radius 1 is 0.944 bits per heavy atom. The Hall–Kier alpha value is -2.90. The number of benzene rings is 1. The van der Waals surface area contributed by atoms with Crippen LogP contribution in [-0.4, -0.2) is 77.2 Å². The smallest absolute Gasteiger partial charge is 0.242 e. The van der Waals surface area contributed by atoms with Crippen LogP contribution < -0.4 is 4.74 Å². The van der Waals surface area contributed by atoms with Crippen molar-refractivity contribution in [2.45, 2.75) is 88.1 Å². The minimum Gasteiger partial charge on any atom is -0.497 e. The van der Waals surface area contributed by atoms with Gasteiger partial charge in [0.05, 0.1) is 19.1 Å². The molecule has 0 aromatic heterocycles. The third-order valence-corrected chi connectivity index (χ3v) is 8.74. The first-order valence-corrected chi connectivity index (χ1v) is 13.5. The molecule has 2 heterocycles. The number of rotatable bonds is 6. The molecule has 2 saturated carbocycles. The molecule has 1 aromatic rings. The molecule has 1 unspecified atom stereocenters. The normalized spacial score (nSPS) is 26.2. The lowest BCUT2D eigenvalue weighted by molar-refractivity contribution is -0.149.